The highest BCUT2D eigenvalue weighted by Crippen LogP contribution is 2.23. The second kappa shape index (κ2) is 6.13. The zero-order valence-electron chi connectivity index (χ0n) is 12.7. The van der Waals surface area contributed by atoms with E-state index in [0.29, 0.717) is 5.69 Å². The van der Waals surface area contributed by atoms with Crippen molar-refractivity contribution in [1.29, 1.82) is 0 Å². The number of carboxylic acid groups (broad SMARTS) is 1. The number of benzene rings is 1. The second-order valence-corrected chi connectivity index (χ2v) is 6.21. The van der Waals surface area contributed by atoms with E-state index in [1.54, 1.807) is 12.1 Å². The van der Waals surface area contributed by atoms with Crippen molar-refractivity contribution in [2.45, 2.75) is 38.7 Å². The first-order valence-corrected chi connectivity index (χ1v) is 6.63. The average molecular weight is 294 g/mol. The Labute approximate surface area is 124 Å². The predicted octanol–water partition coefficient (Wildman–Crippen LogP) is 1.94. The maximum Gasteiger partial charge on any atom is 0.337 e. The number of amides is 2. The first-order chi connectivity index (χ1) is 9.52. The molecule has 0 heterocycles. The molecular weight excluding hydrogens is 272 g/mol. The third-order valence-corrected chi connectivity index (χ3v) is 3.06. The lowest BCUT2D eigenvalue weighted by molar-refractivity contribution is -0.155. The molecular formula is C15H22N2O4. The Morgan fingerprint density at radius 2 is 1.62 bits per heavy atom. The topological polar surface area (TPSA) is 98.7 Å². The molecule has 0 saturated carbocycles. The van der Waals surface area contributed by atoms with Crippen LogP contribution in [0.4, 0.5) is 10.5 Å². The SMILES string of the molecule is CC(O)(CNC(=O)Nc1ccc(C(C)(C)C)cc1)C(=O)O. The molecule has 21 heavy (non-hydrogen) atoms. The summed E-state index contributed by atoms with van der Waals surface area (Å²) in [6, 6.07) is 6.82. The van der Waals surface area contributed by atoms with Crippen LogP contribution in [-0.2, 0) is 10.2 Å². The van der Waals surface area contributed by atoms with E-state index < -0.39 is 17.6 Å². The summed E-state index contributed by atoms with van der Waals surface area (Å²) < 4.78 is 0. The maximum absolute atomic E-state index is 11.6. The number of anilines is 1. The van der Waals surface area contributed by atoms with Crippen molar-refractivity contribution in [3.05, 3.63) is 29.8 Å². The van der Waals surface area contributed by atoms with Gasteiger partial charge in [-0.2, -0.15) is 0 Å². The summed E-state index contributed by atoms with van der Waals surface area (Å²) >= 11 is 0. The summed E-state index contributed by atoms with van der Waals surface area (Å²) in [4.78, 5) is 22.3. The number of nitrogens with one attached hydrogen (secondary N) is 2. The van der Waals surface area contributed by atoms with Crippen LogP contribution >= 0.6 is 0 Å². The fraction of sp³-hybridized carbons (Fsp3) is 0.467. The highest BCUT2D eigenvalue weighted by molar-refractivity contribution is 5.89. The summed E-state index contributed by atoms with van der Waals surface area (Å²) in [6.45, 7) is 7.02. The van der Waals surface area contributed by atoms with Crippen LogP contribution < -0.4 is 10.6 Å². The molecule has 1 unspecified atom stereocenters. The van der Waals surface area contributed by atoms with Gasteiger partial charge in [-0.1, -0.05) is 32.9 Å². The maximum atomic E-state index is 11.6. The Kier molecular flexibility index (Phi) is 4.96. The number of carboxylic acids is 1. The van der Waals surface area contributed by atoms with Gasteiger partial charge in [-0.25, -0.2) is 9.59 Å². The van der Waals surface area contributed by atoms with E-state index in [4.69, 9.17) is 5.11 Å². The van der Waals surface area contributed by atoms with E-state index in [0.717, 1.165) is 12.5 Å². The van der Waals surface area contributed by atoms with Crippen LogP contribution in [-0.4, -0.2) is 34.4 Å². The van der Waals surface area contributed by atoms with Crippen LogP contribution in [0.3, 0.4) is 0 Å². The highest BCUT2D eigenvalue weighted by Gasteiger charge is 2.30. The van der Waals surface area contributed by atoms with Gasteiger partial charge in [0, 0.05) is 5.69 Å². The molecule has 0 spiro atoms. The molecule has 1 aromatic carbocycles. The van der Waals surface area contributed by atoms with Crippen molar-refractivity contribution < 1.29 is 19.8 Å². The Balaban J connectivity index is 2.58. The van der Waals surface area contributed by atoms with E-state index in [1.807, 2.05) is 12.1 Å². The van der Waals surface area contributed by atoms with Gasteiger partial charge in [0.25, 0.3) is 0 Å². The monoisotopic (exact) mass is 294 g/mol. The van der Waals surface area contributed by atoms with Gasteiger partial charge in [-0.3, -0.25) is 0 Å². The van der Waals surface area contributed by atoms with Crippen LogP contribution in [0.2, 0.25) is 0 Å². The lowest BCUT2D eigenvalue weighted by atomic mass is 9.87. The molecule has 0 fully saturated rings. The fourth-order valence-electron chi connectivity index (χ4n) is 1.56. The minimum Gasteiger partial charge on any atom is -0.479 e. The standard InChI is InChI=1S/C15H22N2O4/c1-14(2,3)10-5-7-11(8-6-10)17-13(20)16-9-15(4,21)12(18)19/h5-8,21H,9H2,1-4H3,(H,18,19)(H2,16,17,20). The lowest BCUT2D eigenvalue weighted by Crippen LogP contribution is -2.47. The Morgan fingerprint density at radius 3 is 2.05 bits per heavy atom. The number of urea groups is 1. The number of carbonyl (C=O) groups is 2. The van der Waals surface area contributed by atoms with E-state index >= 15 is 0 Å². The molecule has 2 amide bonds. The number of aliphatic hydroxyl groups is 1. The molecule has 0 radical (unpaired) electrons. The van der Waals surface area contributed by atoms with Crippen molar-refractivity contribution in [3.8, 4) is 0 Å². The average Bonchev–Trinajstić information content (AvgIpc) is 2.36. The summed E-state index contributed by atoms with van der Waals surface area (Å²) in [5.41, 5.74) is -0.230. The van der Waals surface area contributed by atoms with Crippen LogP contribution in [0, 0.1) is 0 Å². The van der Waals surface area contributed by atoms with Crippen molar-refractivity contribution in [2.24, 2.45) is 0 Å². The molecule has 6 nitrogen and oxygen atoms in total. The predicted molar refractivity (Wildman–Crippen MR) is 80.4 cm³/mol. The van der Waals surface area contributed by atoms with E-state index in [-0.39, 0.29) is 12.0 Å². The van der Waals surface area contributed by atoms with E-state index in [9.17, 15) is 14.7 Å². The number of carbonyl (C=O) groups excluding carboxylic acids is 1. The summed E-state index contributed by atoms with van der Waals surface area (Å²) in [5, 5.41) is 23.1. The Morgan fingerprint density at radius 1 is 1.10 bits per heavy atom. The third kappa shape index (κ3) is 5.07. The van der Waals surface area contributed by atoms with Gasteiger partial charge in [0.15, 0.2) is 5.60 Å². The number of hydrogen-bond donors (Lipinski definition) is 4. The smallest absolute Gasteiger partial charge is 0.337 e. The molecule has 0 aliphatic heterocycles. The largest absolute Gasteiger partial charge is 0.479 e. The van der Waals surface area contributed by atoms with Crippen LogP contribution in [0.15, 0.2) is 24.3 Å². The van der Waals surface area contributed by atoms with Gasteiger partial charge in [-0.05, 0) is 30.0 Å². The molecule has 0 aliphatic carbocycles. The molecule has 0 aliphatic rings. The summed E-state index contributed by atoms with van der Waals surface area (Å²) in [7, 11) is 0. The highest BCUT2D eigenvalue weighted by atomic mass is 16.4. The molecule has 1 aromatic rings. The quantitative estimate of drug-likeness (QED) is 0.682. The van der Waals surface area contributed by atoms with Crippen LogP contribution in [0.25, 0.3) is 0 Å². The molecule has 0 saturated heterocycles. The molecule has 1 atom stereocenters. The fourth-order valence-corrected chi connectivity index (χ4v) is 1.56. The van der Waals surface area contributed by atoms with Crippen LogP contribution in [0.1, 0.15) is 33.3 Å². The lowest BCUT2D eigenvalue weighted by Gasteiger charge is -2.20. The number of aliphatic carboxylic acids is 1. The van der Waals surface area contributed by atoms with Crippen molar-refractivity contribution in [2.75, 3.05) is 11.9 Å². The Hall–Kier alpha value is -2.08. The minimum atomic E-state index is -1.99. The normalized spacial score (nSPS) is 14.1. The van der Waals surface area contributed by atoms with Gasteiger partial charge >= 0.3 is 12.0 Å². The molecule has 0 aromatic heterocycles. The van der Waals surface area contributed by atoms with Gasteiger partial charge in [-0.15, -0.1) is 0 Å². The zero-order chi connectivity index (χ0) is 16.3. The molecule has 0 bridgehead atoms. The number of hydrogen-bond acceptors (Lipinski definition) is 3. The van der Waals surface area contributed by atoms with Gasteiger partial charge < -0.3 is 20.8 Å². The summed E-state index contributed by atoms with van der Waals surface area (Å²) in [6.07, 6.45) is 0. The van der Waals surface area contributed by atoms with E-state index in [2.05, 4.69) is 31.4 Å². The van der Waals surface area contributed by atoms with Gasteiger partial charge in [0.05, 0.1) is 6.54 Å². The third-order valence-electron chi connectivity index (χ3n) is 3.06. The van der Waals surface area contributed by atoms with Crippen molar-refractivity contribution in [3.63, 3.8) is 0 Å². The second-order valence-electron chi connectivity index (χ2n) is 6.21. The van der Waals surface area contributed by atoms with Crippen molar-refractivity contribution >= 4 is 17.7 Å². The van der Waals surface area contributed by atoms with Gasteiger partial charge in [0.1, 0.15) is 0 Å². The first kappa shape index (κ1) is 17.0. The van der Waals surface area contributed by atoms with E-state index in [1.165, 1.54) is 0 Å². The molecule has 1 rings (SSSR count). The first-order valence-electron chi connectivity index (χ1n) is 6.63. The van der Waals surface area contributed by atoms with Crippen molar-refractivity contribution in [1.82, 2.24) is 5.32 Å². The number of rotatable bonds is 4. The molecule has 116 valence electrons. The minimum absolute atomic E-state index is 0.0287. The zero-order valence-corrected chi connectivity index (χ0v) is 12.7. The molecule has 4 N–H and O–H groups in total. The summed E-state index contributed by atoms with van der Waals surface area (Å²) in [5.74, 6) is -1.39. The van der Waals surface area contributed by atoms with Gasteiger partial charge in [0.2, 0.25) is 0 Å². The molecule has 6 heteroatoms. The van der Waals surface area contributed by atoms with Crippen LogP contribution in [0.5, 0.6) is 0 Å². The Bertz CT molecular complexity index is 515.